The van der Waals surface area contributed by atoms with Gasteiger partial charge in [-0.1, -0.05) is 23.7 Å². The van der Waals surface area contributed by atoms with Crippen LogP contribution >= 0.6 is 11.6 Å². The van der Waals surface area contributed by atoms with E-state index in [1.54, 1.807) is 25.3 Å². The van der Waals surface area contributed by atoms with Gasteiger partial charge in [-0.05, 0) is 53.2 Å². The first-order valence-electron chi connectivity index (χ1n) is 7.79. The quantitative estimate of drug-likeness (QED) is 0.726. The minimum absolute atomic E-state index is 0.188. The fourth-order valence-electron chi connectivity index (χ4n) is 2.47. The molecule has 0 radical (unpaired) electrons. The van der Waals surface area contributed by atoms with Crippen LogP contribution in [0.1, 0.15) is 5.56 Å². The Kier molecular flexibility index (Phi) is 5.26. The molecule has 3 rings (SSSR count). The zero-order chi connectivity index (χ0) is 18.5. The predicted molar refractivity (Wildman–Crippen MR) is 101 cm³/mol. The second-order valence-electron chi connectivity index (χ2n) is 5.51. The summed E-state index contributed by atoms with van der Waals surface area (Å²) in [7, 11) is 1.61. The normalized spacial score (nSPS) is 10.2. The molecule has 0 bridgehead atoms. The molecular formula is C20H15ClN2O3. The summed E-state index contributed by atoms with van der Waals surface area (Å²) in [5.41, 5.74) is 0.692. The predicted octanol–water partition coefficient (Wildman–Crippen LogP) is 4.39. The Morgan fingerprint density at radius 1 is 1.08 bits per heavy atom. The average molecular weight is 367 g/mol. The number of hydrogen-bond acceptors (Lipinski definition) is 4. The molecule has 0 aromatic heterocycles. The van der Waals surface area contributed by atoms with E-state index >= 15 is 0 Å². The maximum atomic E-state index is 12.1. The van der Waals surface area contributed by atoms with Crippen molar-refractivity contribution in [2.45, 2.75) is 0 Å². The summed E-state index contributed by atoms with van der Waals surface area (Å²) in [5.74, 6) is 0.930. The number of nitrogens with zero attached hydrogens (tertiary/aromatic N) is 1. The Bertz CT molecular complexity index is 1010. The summed E-state index contributed by atoms with van der Waals surface area (Å²) < 4.78 is 10.8. The van der Waals surface area contributed by atoms with Gasteiger partial charge in [0.2, 0.25) is 0 Å². The molecule has 0 unspecified atom stereocenters. The molecule has 0 atom stereocenters. The third kappa shape index (κ3) is 4.05. The van der Waals surface area contributed by atoms with E-state index in [1.165, 1.54) is 6.07 Å². The molecule has 3 aromatic rings. The molecule has 130 valence electrons. The van der Waals surface area contributed by atoms with Crippen LogP contribution in [0.2, 0.25) is 5.02 Å². The standard InChI is InChI=1S/C20H15ClN2O3/c1-25-17-6-3-13-4-7-18(9-15(13)8-17)26-12-20(24)23-19-10-16(21)5-2-14(19)11-22/h2-10H,12H2,1H3,(H,23,24). The third-order valence-electron chi connectivity index (χ3n) is 3.76. The van der Waals surface area contributed by atoms with Crippen molar-refractivity contribution < 1.29 is 14.3 Å². The van der Waals surface area contributed by atoms with Crippen molar-refractivity contribution in [1.82, 2.24) is 0 Å². The molecular weight excluding hydrogens is 352 g/mol. The molecule has 0 aliphatic carbocycles. The Morgan fingerprint density at radius 2 is 1.81 bits per heavy atom. The molecule has 0 heterocycles. The first kappa shape index (κ1) is 17.6. The van der Waals surface area contributed by atoms with Crippen LogP contribution in [0.4, 0.5) is 5.69 Å². The van der Waals surface area contributed by atoms with Crippen molar-refractivity contribution in [3.8, 4) is 17.6 Å². The lowest BCUT2D eigenvalue weighted by Gasteiger charge is -2.10. The van der Waals surface area contributed by atoms with Crippen LogP contribution in [0.3, 0.4) is 0 Å². The number of fused-ring (bicyclic) bond motifs is 1. The maximum absolute atomic E-state index is 12.1. The molecule has 26 heavy (non-hydrogen) atoms. The number of rotatable bonds is 5. The van der Waals surface area contributed by atoms with E-state index in [4.69, 9.17) is 26.3 Å². The fourth-order valence-corrected chi connectivity index (χ4v) is 2.64. The van der Waals surface area contributed by atoms with E-state index in [9.17, 15) is 4.79 Å². The number of nitrogens with one attached hydrogen (secondary N) is 1. The zero-order valence-electron chi connectivity index (χ0n) is 14.0. The molecule has 0 aliphatic heterocycles. The maximum Gasteiger partial charge on any atom is 0.262 e. The number of benzene rings is 3. The molecule has 1 N–H and O–H groups in total. The summed E-state index contributed by atoms with van der Waals surface area (Å²) >= 11 is 5.91. The van der Waals surface area contributed by atoms with Gasteiger partial charge in [0.25, 0.3) is 5.91 Å². The molecule has 0 aliphatic rings. The number of anilines is 1. The lowest BCUT2D eigenvalue weighted by molar-refractivity contribution is -0.118. The van der Waals surface area contributed by atoms with Crippen molar-refractivity contribution in [2.24, 2.45) is 0 Å². The van der Waals surface area contributed by atoms with Gasteiger partial charge < -0.3 is 14.8 Å². The lowest BCUT2D eigenvalue weighted by Crippen LogP contribution is -2.20. The highest BCUT2D eigenvalue weighted by Gasteiger charge is 2.09. The van der Waals surface area contributed by atoms with Crippen LogP contribution in [-0.4, -0.2) is 19.6 Å². The minimum Gasteiger partial charge on any atom is -0.497 e. The van der Waals surface area contributed by atoms with E-state index in [-0.39, 0.29) is 12.5 Å². The van der Waals surface area contributed by atoms with Crippen LogP contribution in [0, 0.1) is 11.3 Å². The van der Waals surface area contributed by atoms with Gasteiger partial charge in [-0.25, -0.2) is 0 Å². The molecule has 0 saturated heterocycles. The van der Waals surface area contributed by atoms with Crippen molar-refractivity contribution in [3.05, 3.63) is 65.2 Å². The number of carbonyl (C=O) groups is 1. The lowest BCUT2D eigenvalue weighted by atomic mass is 10.1. The number of carbonyl (C=O) groups excluding carboxylic acids is 1. The van der Waals surface area contributed by atoms with Crippen LogP contribution in [-0.2, 0) is 4.79 Å². The van der Waals surface area contributed by atoms with Gasteiger partial charge in [0, 0.05) is 5.02 Å². The largest absolute Gasteiger partial charge is 0.497 e. The van der Waals surface area contributed by atoms with Crippen LogP contribution in [0.15, 0.2) is 54.6 Å². The molecule has 0 spiro atoms. The smallest absolute Gasteiger partial charge is 0.262 e. The molecule has 3 aromatic carbocycles. The van der Waals surface area contributed by atoms with Crippen LogP contribution in [0.25, 0.3) is 10.8 Å². The zero-order valence-corrected chi connectivity index (χ0v) is 14.7. The van der Waals surface area contributed by atoms with Crippen LogP contribution in [0.5, 0.6) is 11.5 Å². The van der Waals surface area contributed by atoms with Crippen molar-refractivity contribution in [2.75, 3.05) is 19.0 Å². The summed E-state index contributed by atoms with van der Waals surface area (Å²) in [5, 5.41) is 14.1. The number of halogens is 1. The van der Waals surface area contributed by atoms with Gasteiger partial charge >= 0.3 is 0 Å². The number of ether oxygens (including phenoxy) is 2. The van der Waals surface area contributed by atoms with Crippen molar-refractivity contribution in [1.29, 1.82) is 5.26 Å². The fraction of sp³-hybridized carbons (Fsp3) is 0.100. The highest BCUT2D eigenvalue weighted by atomic mass is 35.5. The molecule has 1 amide bonds. The number of nitriles is 1. The molecule has 5 nitrogen and oxygen atoms in total. The Labute approximate surface area is 155 Å². The molecule has 0 fully saturated rings. The first-order valence-corrected chi connectivity index (χ1v) is 8.17. The topological polar surface area (TPSA) is 71.3 Å². The summed E-state index contributed by atoms with van der Waals surface area (Å²) in [6.07, 6.45) is 0. The Morgan fingerprint density at radius 3 is 2.54 bits per heavy atom. The van der Waals surface area contributed by atoms with Crippen molar-refractivity contribution >= 4 is 34.0 Å². The van der Waals surface area contributed by atoms with Gasteiger partial charge in [-0.15, -0.1) is 0 Å². The van der Waals surface area contributed by atoms with Gasteiger partial charge in [0.05, 0.1) is 18.4 Å². The summed E-state index contributed by atoms with van der Waals surface area (Å²) in [4.78, 5) is 12.1. The third-order valence-corrected chi connectivity index (χ3v) is 4.00. The van der Waals surface area contributed by atoms with Gasteiger partial charge in [0.15, 0.2) is 6.61 Å². The number of hydrogen-bond donors (Lipinski definition) is 1. The monoisotopic (exact) mass is 366 g/mol. The Hall–Kier alpha value is -3.23. The van der Waals surface area contributed by atoms with Crippen molar-refractivity contribution in [3.63, 3.8) is 0 Å². The van der Waals surface area contributed by atoms with E-state index in [1.807, 2.05) is 36.4 Å². The van der Waals surface area contributed by atoms with Crippen LogP contribution < -0.4 is 14.8 Å². The molecule has 6 heteroatoms. The summed E-state index contributed by atoms with van der Waals surface area (Å²) in [6, 6.07) is 18.0. The van der Waals surface area contributed by atoms with E-state index in [0.717, 1.165) is 16.5 Å². The van der Waals surface area contributed by atoms with Gasteiger partial charge in [-0.2, -0.15) is 5.26 Å². The van der Waals surface area contributed by atoms with E-state index in [2.05, 4.69) is 5.32 Å². The number of methoxy groups -OCH3 is 1. The van der Waals surface area contributed by atoms with E-state index < -0.39 is 0 Å². The Balaban J connectivity index is 1.69. The van der Waals surface area contributed by atoms with E-state index in [0.29, 0.717) is 22.0 Å². The summed E-state index contributed by atoms with van der Waals surface area (Å²) in [6.45, 7) is -0.188. The molecule has 0 saturated carbocycles. The highest BCUT2D eigenvalue weighted by Crippen LogP contribution is 2.25. The second-order valence-corrected chi connectivity index (χ2v) is 5.95. The van der Waals surface area contributed by atoms with Gasteiger partial charge in [0.1, 0.15) is 17.6 Å². The second kappa shape index (κ2) is 7.77. The first-order chi connectivity index (χ1) is 12.6. The average Bonchev–Trinajstić information content (AvgIpc) is 2.66. The SMILES string of the molecule is COc1ccc2ccc(OCC(=O)Nc3cc(Cl)ccc3C#N)cc2c1. The number of amides is 1. The highest BCUT2D eigenvalue weighted by molar-refractivity contribution is 6.31. The minimum atomic E-state index is -0.380. The van der Waals surface area contributed by atoms with Gasteiger partial charge in [-0.3, -0.25) is 4.79 Å².